The van der Waals surface area contributed by atoms with Crippen LogP contribution < -0.4 is 0 Å². The van der Waals surface area contributed by atoms with Crippen LogP contribution in [0.15, 0.2) is 20.0 Å². The van der Waals surface area contributed by atoms with Crippen LogP contribution in [0.1, 0.15) is 0 Å². The Morgan fingerprint density at radius 2 is 1.88 bits per heavy atom. The van der Waals surface area contributed by atoms with Crippen LogP contribution in [0.5, 0.6) is 0 Å². The zero-order chi connectivity index (χ0) is 12.8. The van der Waals surface area contributed by atoms with Crippen LogP contribution >= 0.6 is 11.6 Å². The number of nitrogens with zero attached hydrogens (tertiary/aromatic N) is 5. The van der Waals surface area contributed by atoms with Gasteiger partial charge in [-0.3, -0.25) is 0 Å². The van der Waals surface area contributed by atoms with Crippen LogP contribution in [0.2, 0.25) is 0 Å². The maximum Gasteiger partial charge on any atom is 0.250 e. The Bertz CT molecular complexity index is 587. The molecule has 0 aromatic carbocycles. The summed E-state index contributed by atoms with van der Waals surface area (Å²) in [7, 11) is -0.00846. The van der Waals surface area contributed by atoms with Gasteiger partial charge in [0.1, 0.15) is 5.84 Å². The van der Waals surface area contributed by atoms with Crippen molar-refractivity contribution in [2.24, 2.45) is 20.0 Å². The lowest BCUT2D eigenvalue weighted by Gasteiger charge is -2.22. The molecule has 2 aliphatic heterocycles. The van der Waals surface area contributed by atoms with Crippen LogP contribution in [-0.4, -0.2) is 61.8 Å². The molecule has 0 radical (unpaired) electrons. The van der Waals surface area contributed by atoms with Crippen LogP contribution in [0, 0.1) is 0 Å². The quantitative estimate of drug-likeness (QED) is 0.571. The molecule has 0 saturated carbocycles. The first-order valence-corrected chi connectivity index (χ1v) is 6.92. The third kappa shape index (κ3) is 2.22. The van der Waals surface area contributed by atoms with Gasteiger partial charge >= 0.3 is 0 Å². The first kappa shape index (κ1) is 12.2. The predicted molar refractivity (Wildman–Crippen MR) is 67.9 cm³/mol. The minimum absolute atomic E-state index is 0.0538. The molecule has 0 amide bonds. The van der Waals surface area contributed by atoms with E-state index in [1.54, 1.807) is 19.0 Å². The highest BCUT2D eigenvalue weighted by Gasteiger charge is 2.34. The second kappa shape index (κ2) is 3.88. The molecule has 0 aromatic rings. The maximum atomic E-state index is 11.4. The van der Waals surface area contributed by atoms with Gasteiger partial charge in [-0.15, -0.1) is 0 Å². The third-order valence-corrected chi connectivity index (χ3v) is 3.17. The van der Waals surface area contributed by atoms with Gasteiger partial charge in [0.05, 0.1) is 0 Å². The zero-order valence-electron chi connectivity index (χ0n) is 9.42. The number of hydrogen-bond acceptors (Lipinski definition) is 7. The number of aliphatic imine (C=N–C) groups is 4. The molecule has 1 atom stereocenters. The van der Waals surface area contributed by atoms with Crippen LogP contribution in [0.3, 0.4) is 0 Å². The Balaban J connectivity index is 2.56. The largest absolute Gasteiger partial charge is 0.364 e. The standard InChI is InChI=1S/C8H10ClN5O2S/c1-14(2)6-4-5(11-7(9)10-4)12-8(13-6)17(3,15)16/h4H,1-3H3. The molecule has 9 heteroatoms. The topological polar surface area (TPSA) is 86.8 Å². The average Bonchev–Trinajstić information content (AvgIpc) is 2.54. The van der Waals surface area contributed by atoms with E-state index in [0.717, 1.165) is 6.26 Å². The number of amidine groups is 4. The smallest absolute Gasteiger partial charge is 0.250 e. The fraction of sp³-hybridized carbons (Fsp3) is 0.500. The molecule has 2 rings (SSSR count). The molecule has 0 saturated heterocycles. The number of sulfone groups is 1. The summed E-state index contributed by atoms with van der Waals surface area (Å²) < 4.78 is 22.9. The van der Waals surface area contributed by atoms with E-state index in [0.29, 0.717) is 5.84 Å². The molecule has 2 heterocycles. The molecule has 92 valence electrons. The van der Waals surface area contributed by atoms with Crippen molar-refractivity contribution in [3.05, 3.63) is 0 Å². The SMILES string of the molecule is CN(C)C1=NC(S(C)(=O)=O)=NC2=NC(Cl)=NC21. The average molecular weight is 276 g/mol. The van der Waals surface area contributed by atoms with Crippen molar-refractivity contribution in [3.8, 4) is 0 Å². The van der Waals surface area contributed by atoms with Gasteiger partial charge in [-0.2, -0.15) is 0 Å². The Hall–Kier alpha value is -1.28. The van der Waals surface area contributed by atoms with E-state index in [9.17, 15) is 8.42 Å². The van der Waals surface area contributed by atoms with Crippen molar-refractivity contribution in [3.63, 3.8) is 0 Å². The van der Waals surface area contributed by atoms with Gasteiger partial charge < -0.3 is 4.90 Å². The summed E-state index contributed by atoms with van der Waals surface area (Å²) >= 11 is 5.69. The lowest BCUT2D eigenvalue weighted by atomic mass is 10.2. The summed E-state index contributed by atoms with van der Waals surface area (Å²) in [4.78, 5) is 17.4. The molecule has 17 heavy (non-hydrogen) atoms. The van der Waals surface area contributed by atoms with Gasteiger partial charge in [0.25, 0.3) is 0 Å². The molecule has 2 aliphatic rings. The molecule has 0 aliphatic carbocycles. The molecule has 0 aromatic heterocycles. The van der Waals surface area contributed by atoms with E-state index in [1.165, 1.54) is 0 Å². The highest BCUT2D eigenvalue weighted by atomic mass is 35.5. The minimum Gasteiger partial charge on any atom is -0.364 e. The van der Waals surface area contributed by atoms with Gasteiger partial charge in [0, 0.05) is 20.4 Å². The van der Waals surface area contributed by atoms with Crippen LogP contribution in [-0.2, 0) is 9.84 Å². The van der Waals surface area contributed by atoms with Gasteiger partial charge in [-0.25, -0.2) is 28.4 Å². The molecule has 0 spiro atoms. The fourth-order valence-electron chi connectivity index (χ4n) is 1.40. The molecule has 1 unspecified atom stereocenters. The van der Waals surface area contributed by atoms with Crippen LogP contribution in [0.25, 0.3) is 0 Å². The molecule has 0 N–H and O–H groups in total. The maximum absolute atomic E-state index is 11.4. The lowest BCUT2D eigenvalue weighted by Crippen LogP contribution is -2.40. The van der Waals surface area contributed by atoms with E-state index >= 15 is 0 Å². The van der Waals surface area contributed by atoms with Crippen molar-refractivity contribution < 1.29 is 8.42 Å². The van der Waals surface area contributed by atoms with Crippen molar-refractivity contribution in [1.82, 2.24) is 4.90 Å². The first-order valence-electron chi connectivity index (χ1n) is 4.65. The summed E-state index contributed by atoms with van der Waals surface area (Å²) in [6, 6.07) is -0.511. The van der Waals surface area contributed by atoms with Gasteiger partial charge in [-0.05, 0) is 11.6 Å². The summed E-state index contributed by atoms with van der Waals surface area (Å²) in [6.45, 7) is 0. The number of fused-ring (bicyclic) bond motifs is 1. The van der Waals surface area contributed by atoms with Crippen molar-refractivity contribution >= 4 is 43.6 Å². The summed E-state index contributed by atoms with van der Waals surface area (Å²) in [5, 5.41) is -0.212. The number of likely N-dealkylation sites (N-methyl/N-ethyl adjacent to an activating group) is 1. The van der Waals surface area contributed by atoms with Gasteiger partial charge in [-0.1, -0.05) is 0 Å². The third-order valence-electron chi connectivity index (χ3n) is 2.14. The monoisotopic (exact) mass is 275 g/mol. The Kier molecular flexibility index (Phi) is 2.78. The predicted octanol–water partition coefficient (Wildman–Crippen LogP) is -0.264. The number of halogens is 1. The lowest BCUT2D eigenvalue weighted by molar-refractivity contribution is 0.602. The number of rotatable bonds is 0. The van der Waals surface area contributed by atoms with Crippen molar-refractivity contribution in [2.45, 2.75) is 6.04 Å². The van der Waals surface area contributed by atoms with E-state index in [1.807, 2.05) is 0 Å². The highest BCUT2D eigenvalue weighted by Crippen LogP contribution is 2.18. The van der Waals surface area contributed by atoms with E-state index in [-0.39, 0.29) is 16.3 Å². The number of hydrogen-bond donors (Lipinski definition) is 0. The Morgan fingerprint density at radius 3 is 2.41 bits per heavy atom. The molecular formula is C8H10ClN5O2S. The van der Waals surface area contributed by atoms with Gasteiger partial charge in [0.15, 0.2) is 11.9 Å². The highest BCUT2D eigenvalue weighted by molar-refractivity contribution is 8.05. The Morgan fingerprint density at radius 1 is 1.24 bits per heavy atom. The van der Waals surface area contributed by atoms with E-state index in [2.05, 4.69) is 20.0 Å². The summed E-state index contributed by atoms with van der Waals surface area (Å²) in [5.74, 6) is 0.712. The van der Waals surface area contributed by atoms with Crippen LogP contribution in [0.4, 0.5) is 0 Å². The Labute approximate surface area is 104 Å². The molecule has 0 fully saturated rings. The molecular weight excluding hydrogens is 266 g/mol. The van der Waals surface area contributed by atoms with E-state index < -0.39 is 15.9 Å². The van der Waals surface area contributed by atoms with Gasteiger partial charge in [0.2, 0.25) is 20.3 Å². The summed E-state index contributed by atoms with van der Waals surface area (Å²) in [5.41, 5.74) is 0. The second-order valence-electron chi connectivity index (χ2n) is 3.80. The summed E-state index contributed by atoms with van der Waals surface area (Å²) in [6.07, 6.45) is 1.04. The van der Waals surface area contributed by atoms with E-state index in [4.69, 9.17) is 11.6 Å². The molecule has 0 bridgehead atoms. The normalized spacial score (nSPS) is 23.4. The zero-order valence-corrected chi connectivity index (χ0v) is 11.0. The first-order chi connectivity index (χ1) is 7.79. The van der Waals surface area contributed by atoms with Crippen molar-refractivity contribution in [1.29, 1.82) is 0 Å². The van der Waals surface area contributed by atoms with Crippen molar-refractivity contribution in [2.75, 3.05) is 20.4 Å². The fourth-order valence-corrected chi connectivity index (χ4v) is 2.10. The molecule has 7 nitrogen and oxygen atoms in total. The second-order valence-corrected chi connectivity index (χ2v) is 6.05. The minimum atomic E-state index is -3.49.